The van der Waals surface area contributed by atoms with Crippen LogP contribution in [0.5, 0.6) is 17.2 Å². The summed E-state index contributed by atoms with van der Waals surface area (Å²) < 4.78 is 21.1. The lowest BCUT2D eigenvalue weighted by molar-refractivity contribution is -0.129. The van der Waals surface area contributed by atoms with Gasteiger partial charge in [0.2, 0.25) is 5.90 Å². The summed E-state index contributed by atoms with van der Waals surface area (Å²) in [6, 6.07) is 12.5. The molecule has 25 heavy (non-hydrogen) atoms. The average molecular weight is 339 g/mol. The summed E-state index contributed by atoms with van der Waals surface area (Å²) in [7, 11) is 4.67. The van der Waals surface area contributed by atoms with Crippen LogP contribution >= 0.6 is 0 Å². The summed E-state index contributed by atoms with van der Waals surface area (Å²) >= 11 is 0. The number of carbonyl (C=O) groups excluding carboxylic acids is 1. The number of hydrogen-bond acceptors (Lipinski definition) is 6. The minimum absolute atomic E-state index is 0.185. The fraction of sp³-hybridized carbons (Fsp3) is 0.158. The van der Waals surface area contributed by atoms with Gasteiger partial charge >= 0.3 is 5.97 Å². The molecule has 1 aliphatic heterocycles. The number of ether oxygens (including phenoxy) is 4. The number of carbonyl (C=O) groups is 1. The van der Waals surface area contributed by atoms with Gasteiger partial charge in [0.15, 0.2) is 5.70 Å². The van der Waals surface area contributed by atoms with E-state index in [0.29, 0.717) is 28.4 Å². The van der Waals surface area contributed by atoms with E-state index >= 15 is 0 Å². The topological polar surface area (TPSA) is 66.3 Å². The molecule has 3 rings (SSSR count). The molecule has 0 N–H and O–H groups in total. The third kappa shape index (κ3) is 3.33. The molecular weight excluding hydrogens is 322 g/mol. The van der Waals surface area contributed by atoms with Gasteiger partial charge in [0, 0.05) is 11.6 Å². The van der Waals surface area contributed by atoms with Crippen LogP contribution in [0.2, 0.25) is 0 Å². The van der Waals surface area contributed by atoms with E-state index in [9.17, 15) is 4.79 Å². The fourth-order valence-electron chi connectivity index (χ4n) is 2.43. The summed E-state index contributed by atoms with van der Waals surface area (Å²) in [6.45, 7) is 0. The number of benzene rings is 2. The zero-order chi connectivity index (χ0) is 17.8. The maximum Gasteiger partial charge on any atom is 0.363 e. The summed E-state index contributed by atoms with van der Waals surface area (Å²) in [5, 5.41) is 0. The Morgan fingerprint density at radius 1 is 0.960 bits per heavy atom. The molecule has 128 valence electrons. The van der Waals surface area contributed by atoms with E-state index in [1.807, 2.05) is 12.1 Å². The van der Waals surface area contributed by atoms with Crippen LogP contribution < -0.4 is 14.2 Å². The van der Waals surface area contributed by atoms with E-state index in [-0.39, 0.29) is 11.6 Å². The average Bonchev–Trinajstić information content (AvgIpc) is 3.02. The van der Waals surface area contributed by atoms with Crippen LogP contribution in [-0.2, 0) is 9.53 Å². The van der Waals surface area contributed by atoms with Crippen molar-refractivity contribution in [3.8, 4) is 17.2 Å². The van der Waals surface area contributed by atoms with E-state index in [0.717, 1.165) is 0 Å². The maximum absolute atomic E-state index is 12.2. The van der Waals surface area contributed by atoms with Crippen molar-refractivity contribution in [2.45, 2.75) is 0 Å². The Hall–Kier alpha value is -3.28. The molecule has 0 saturated carbocycles. The predicted molar refractivity (Wildman–Crippen MR) is 93.1 cm³/mol. The van der Waals surface area contributed by atoms with Crippen molar-refractivity contribution in [1.29, 1.82) is 0 Å². The van der Waals surface area contributed by atoms with Crippen molar-refractivity contribution < 1.29 is 23.7 Å². The second-order valence-corrected chi connectivity index (χ2v) is 5.14. The third-order valence-corrected chi connectivity index (χ3v) is 3.69. The largest absolute Gasteiger partial charge is 0.497 e. The fourth-order valence-corrected chi connectivity index (χ4v) is 2.43. The lowest BCUT2D eigenvalue weighted by atomic mass is 10.1. The number of cyclic esters (lactones) is 1. The standard InChI is InChI=1S/C19H17NO5/c1-22-13-9-8-12(17(11-13)24-3)10-15-19(21)25-18(20-15)14-6-4-5-7-16(14)23-2/h4-11H,1-3H3/b15-10+. The van der Waals surface area contributed by atoms with Gasteiger partial charge in [-0.15, -0.1) is 0 Å². The van der Waals surface area contributed by atoms with Crippen molar-refractivity contribution in [2.75, 3.05) is 21.3 Å². The van der Waals surface area contributed by atoms with E-state index < -0.39 is 5.97 Å². The van der Waals surface area contributed by atoms with Gasteiger partial charge in [0.1, 0.15) is 17.2 Å². The lowest BCUT2D eigenvalue weighted by Crippen LogP contribution is -2.06. The van der Waals surface area contributed by atoms with E-state index in [1.54, 1.807) is 57.7 Å². The van der Waals surface area contributed by atoms with Crippen LogP contribution in [0.4, 0.5) is 0 Å². The highest BCUT2D eigenvalue weighted by Crippen LogP contribution is 2.29. The Bertz CT molecular complexity index is 870. The Morgan fingerprint density at radius 3 is 2.44 bits per heavy atom. The lowest BCUT2D eigenvalue weighted by Gasteiger charge is -2.07. The van der Waals surface area contributed by atoms with Crippen molar-refractivity contribution >= 4 is 17.9 Å². The van der Waals surface area contributed by atoms with Crippen LogP contribution in [0.25, 0.3) is 6.08 Å². The first-order chi connectivity index (χ1) is 12.2. The summed E-state index contributed by atoms with van der Waals surface area (Å²) in [6.07, 6.45) is 1.61. The van der Waals surface area contributed by atoms with Gasteiger partial charge in [0.05, 0.1) is 26.9 Å². The monoisotopic (exact) mass is 339 g/mol. The second kappa shape index (κ2) is 7.09. The molecule has 2 aromatic carbocycles. The molecular formula is C19H17NO5. The van der Waals surface area contributed by atoms with Crippen LogP contribution in [0, 0.1) is 0 Å². The highest BCUT2D eigenvalue weighted by atomic mass is 16.6. The van der Waals surface area contributed by atoms with Crippen LogP contribution in [0.1, 0.15) is 11.1 Å². The van der Waals surface area contributed by atoms with Gasteiger partial charge in [-0.1, -0.05) is 12.1 Å². The normalized spacial score (nSPS) is 14.9. The summed E-state index contributed by atoms with van der Waals surface area (Å²) in [5.74, 6) is 1.49. The molecule has 0 saturated heterocycles. The molecule has 0 atom stereocenters. The maximum atomic E-state index is 12.2. The zero-order valence-electron chi connectivity index (χ0n) is 14.1. The van der Waals surface area contributed by atoms with Crippen LogP contribution in [0.15, 0.2) is 53.2 Å². The third-order valence-electron chi connectivity index (χ3n) is 3.69. The zero-order valence-corrected chi connectivity index (χ0v) is 14.1. The number of hydrogen-bond donors (Lipinski definition) is 0. The quantitative estimate of drug-likeness (QED) is 0.619. The number of rotatable bonds is 5. The SMILES string of the molecule is COc1ccc(/C=C2/N=C(c3ccccc3OC)OC2=O)c(OC)c1. The molecule has 0 aliphatic carbocycles. The first-order valence-corrected chi connectivity index (χ1v) is 7.54. The van der Waals surface area contributed by atoms with Gasteiger partial charge in [-0.3, -0.25) is 0 Å². The van der Waals surface area contributed by atoms with Gasteiger partial charge in [-0.25, -0.2) is 9.79 Å². The number of methoxy groups -OCH3 is 3. The molecule has 1 aliphatic rings. The predicted octanol–water partition coefficient (Wildman–Crippen LogP) is 3.06. The number of nitrogens with zero attached hydrogens (tertiary/aromatic N) is 1. The summed E-state index contributed by atoms with van der Waals surface area (Å²) in [4.78, 5) is 16.5. The second-order valence-electron chi connectivity index (χ2n) is 5.14. The van der Waals surface area contributed by atoms with Gasteiger partial charge in [0.25, 0.3) is 0 Å². The van der Waals surface area contributed by atoms with Crippen molar-refractivity contribution in [3.63, 3.8) is 0 Å². The Kier molecular flexibility index (Phi) is 4.70. The van der Waals surface area contributed by atoms with E-state index in [1.165, 1.54) is 0 Å². The molecule has 0 spiro atoms. The van der Waals surface area contributed by atoms with Crippen molar-refractivity contribution in [2.24, 2.45) is 4.99 Å². The molecule has 2 aromatic rings. The van der Waals surface area contributed by atoms with Gasteiger partial charge in [-0.05, 0) is 30.3 Å². The van der Waals surface area contributed by atoms with E-state index in [4.69, 9.17) is 18.9 Å². The highest BCUT2D eigenvalue weighted by molar-refractivity contribution is 6.13. The molecule has 6 heteroatoms. The van der Waals surface area contributed by atoms with E-state index in [2.05, 4.69) is 4.99 Å². The molecule has 0 bridgehead atoms. The molecule has 0 fully saturated rings. The Labute approximate surface area is 145 Å². The first-order valence-electron chi connectivity index (χ1n) is 7.54. The molecule has 6 nitrogen and oxygen atoms in total. The number of aliphatic imine (C=N–C) groups is 1. The molecule has 0 aromatic heterocycles. The van der Waals surface area contributed by atoms with Gasteiger partial charge < -0.3 is 18.9 Å². The number of esters is 1. The number of para-hydroxylation sites is 1. The van der Waals surface area contributed by atoms with Crippen molar-refractivity contribution in [3.05, 3.63) is 59.3 Å². The van der Waals surface area contributed by atoms with Gasteiger partial charge in [-0.2, -0.15) is 0 Å². The molecule has 0 amide bonds. The Balaban J connectivity index is 1.99. The summed E-state index contributed by atoms with van der Waals surface area (Å²) in [5.41, 5.74) is 1.49. The smallest absolute Gasteiger partial charge is 0.363 e. The minimum Gasteiger partial charge on any atom is -0.497 e. The minimum atomic E-state index is -0.529. The first kappa shape index (κ1) is 16.6. The van der Waals surface area contributed by atoms with Crippen LogP contribution in [-0.4, -0.2) is 33.2 Å². The molecule has 0 radical (unpaired) electrons. The Morgan fingerprint density at radius 2 is 1.72 bits per heavy atom. The van der Waals surface area contributed by atoms with Crippen molar-refractivity contribution in [1.82, 2.24) is 0 Å². The van der Waals surface area contributed by atoms with Crippen LogP contribution in [0.3, 0.4) is 0 Å². The highest BCUT2D eigenvalue weighted by Gasteiger charge is 2.26. The molecule has 1 heterocycles. The molecule has 0 unspecified atom stereocenters.